The van der Waals surface area contributed by atoms with Crippen LogP contribution in [0.2, 0.25) is 0 Å². The highest BCUT2D eigenvalue weighted by molar-refractivity contribution is 8.93. The molecule has 2 aromatic rings. The van der Waals surface area contributed by atoms with Crippen molar-refractivity contribution in [2.24, 2.45) is 9.98 Å². The molecule has 0 amide bonds. The highest BCUT2D eigenvalue weighted by Gasteiger charge is 1.97. The Hall–Kier alpha value is -1.14. The normalized spacial score (nSPS) is 10.8. The molecule has 0 spiro atoms. The SMILES string of the molecule is Br.Br.CCCCCCCCCCN=c1ccn(CCCCCCCCCCCCn2ccc(=NCCCCCCCCCC)cc2)cc1. The molecule has 4 nitrogen and oxygen atoms in total. The van der Waals surface area contributed by atoms with Gasteiger partial charge in [-0.15, -0.1) is 34.0 Å². The number of rotatable bonds is 31. The van der Waals surface area contributed by atoms with Crippen molar-refractivity contribution >= 4 is 34.0 Å². The average molecular weight is 797 g/mol. The molecule has 2 rings (SSSR count). The summed E-state index contributed by atoms with van der Waals surface area (Å²) in [5.41, 5.74) is 0. The zero-order valence-electron chi connectivity index (χ0n) is 31.4. The molecule has 278 valence electrons. The Labute approximate surface area is 318 Å². The average Bonchev–Trinajstić information content (AvgIpc) is 3.08. The molecule has 6 heteroatoms. The molecule has 0 radical (unpaired) electrons. The van der Waals surface area contributed by atoms with Gasteiger partial charge in [0, 0.05) is 51.0 Å². The molecule has 0 aliphatic heterocycles. The molecule has 0 saturated heterocycles. The zero-order chi connectivity index (χ0) is 32.6. The first-order valence-electron chi connectivity index (χ1n) is 20.1. The topological polar surface area (TPSA) is 34.6 Å². The van der Waals surface area contributed by atoms with Gasteiger partial charge in [0.05, 0.1) is 10.7 Å². The molecule has 0 bridgehead atoms. The van der Waals surface area contributed by atoms with Crippen LogP contribution in [0.25, 0.3) is 0 Å². The number of aromatic nitrogens is 2. The molecular weight excluding hydrogens is 720 g/mol. The summed E-state index contributed by atoms with van der Waals surface area (Å²) in [7, 11) is 0. The van der Waals surface area contributed by atoms with Crippen molar-refractivity contribution in [2.45, 2.75) is 194 Å². The first-order chi connectivity index (χ1) is 22.8. The fourth-order valence-corrected chi connectivity index (χ4v) is 6.32. The van der Waals surface area contributed by atoms with Crippen LogP contribution in [0.15, 0.2) is 59.0 Å². The predicted octanol–water partition coefficient (Wildman–Crippen LogP) is 13.1. The summed E-state index contributed by atoms with van der Waals surface area (Å²) >= 11 is 0. The van der Waals surface area contributed by atoms with Crippen molar-refractivity contribution in [3.8, 4) is 0 Å². The van der Waals surface area contributed by atoms with Gasteiger partial charge in [0.2, 0.25) is 0 Å². The van der Waals surface area contributed by atoms with Gasteiger partial charge in [0.15, 0.2) is 0 Å². The van der Waals surface area contributed by atoms with Crippen LogP contribution in [0, 0.1) is 0 Å². The molecule has 0 atom stereocenters. The van der Waals surface area contributed by atoms with E-state index in [4.69, 9.17) is 9.98 Å². The lowest BCUT2D eigenvalue weighted by Crippen LogP contribution is -2.06. The van der Waals surface area contributed by atoms with E-state index in [0.29, 0.717) is 0 Å². The van der Waals surface area contributed by atoms with Crippen LogP contribution >= 0.6 is 34.0 Å². The minimum Gasteiger partial charge on any atom is -0.354 e. The van der Waals surface area contributed by atoms with Gasteiger partial charge in [-0.3, -0.25) is 9.98 Å². The Kier molecular flexibility index (Phi) is 34.8. The monoisotopic (exact) mass is 794 g/mol. The van der Waals surface area contributed by atoms with Crippen LogP contribution in [0.3, 0.4) is 0 Å². The fraction of sp³-hybridized carbons (Fsp3) is 0.762. The van der Waals surface area contributed by atoms with Crippen LogP contribution in [-0.2, 0) is 13.1 Å². The maximum absolute atomic E-state index is 4.78. The lowest BCUT2D eigenvalue weighted by Gasteiger charge is -2.07. The second-order valence-electron chi connectivity index (χ2n) is 13.8. The predicted molar refractivity (Wildman–Crippen MR) is 222 cm³/mol. The molecule has 2 heterocycles. The maximum Gasteiger partial charge on any atom is 0.0603 e. The fourth-order valence-electron chi connectivity index (χ4n) is 6.32. The molecule has 0 saturated carbocycles. The lowest BCUT2D eigenvalue weighted by atomic mass is 10.1. The minimum absolute atomic E-state index is 0. The largest absolute Gasteiger partial charge is 0.354 e. The lowest BCUT2D eigenvalue weighted by molar-refractivity contribution is 0.521. The van der Waals surface area contributed by atoms with Crippen LogP contribution < -0.4 is 10.7 Å². The Bertz CT molecular complexity index is 951. The van der Waals surface area contributed by atoms with E-state index in [9.17, 15) is 0 Å². The second-order valence-corrected chi connectivity index (χ2v) is 13.8. The summed E-state index contributed by atoms with van der Waals surface area (Å²) in [6, 6.07) is 8.76. The number of aryl methyl sites for hydroxylation is 2. The van der Waals surface area contributed by atoms with Crippen molar-refractivity contribution in [2.75, 3.05) is 13.1 Å². The van der Waals surface area contributed by atoms with Gasteiger partial charge in [0.1, 0.15) is 0 Å². The molecule has 0 unspecified atom stereocenters. The van der Waals surface area contributed by atoms with E-state index in [0.717, 1.165) is 36.9 Å². The summed E-state index contributed by atoms with van der Waals surface area (Å²) in [6.45, 7) is 8.79. The first-order valence-corrected chi connectivity index (χ1v) is 20.1. The molecule has 2 aromatic heterocycles. The number of halogens is 2. The van der Waals surface area contributed by atoms with Gasteiger partial charge in [-0.05, 0) is 49.9 Å². The van der Waals surface area contributed by atoms with Crippen LogP contribution in [0.4, 0.5) is 0 Å². The van der Waals surface area contributed by atoms with E-state index in [1.54, 1.807) is 0 Å². The third kappa shape index (κ3) is 27.7. The van der Waals surface area contributed by atoms with Gasteiger partial charge < -0.3 is 9.13 Å². The van der Waals surface area contributed by atoms with Gasteiger partial charge in [-0.2, -0.15) is 0 Å². The van der Waals surface area contributed by atoms with E-state index in [1.165, 1.54) is 167 Å². The third-order valence-corrected chi connectivity index (χ3v) is 9.44. The van der Waals surface area contributed by atoms with E-state index < -0.39 is 0 Å². The Balaban J connectivity index is 0.0000110. The molecular formula is C42H76Br2N4. The van der Waals surface area contributed by atoms with Crippen LogP contribution in [0.1, 0.15) is 181 Å². The number of hydrogen-bond acceptors (Lipinski definition) is 2. The first kappa shape index (κ1) is 46.9. The number of hydrogen-bond donors (Lipinski definition) is 0. The van der Waals surface area contributed by atoms with Gasteiger partial charge in [-0.25, -0.2) is 0 Å². The standard InChI is InChI=1S/C42H74N4.2BrH/c1-3-5-7-9-11-17-21-25-33-43-41-29-37-45(38-30-41)35-27-23-19-15-13-14-16-20-24-28-36-46-39-31-42(32-40-46)44-34-26-22-18-12-10-8-6-4-2;;/h29-32,37-40H,3-28,33-36H2,1-2H3;2*1H. The van der Waals surface area contributed by atoms with Crippen molar-refractivity contribution in [3.05, 3.63) is 59.8 Å². The highest BCUT2D eigenvalue weighted by atomic mass is 79.9. The van der Waals surface area contributed by atoms with Crippen molar-refractivity contribution in [1.82, 2.24) is 9.13 Å². The smallest absolute Gasteiger partial charge is 0.0603 e. The van der Waals surface area contributed by atoms with Gasteiger partial charge in [-0.1, -0.05) is 155 Å². The Morgan fingerprint density at radius 3 is 0.896 bits per heavy atom. The molecule has 0 aromatic carbocycles. The quantitative estimate of drug-likeness (QED) is 0.0681. The number of unbranched alkanes of at least 4 members (excludes halogenated alkanes) is 23. The number of nitrogens with zero attached hydrogens (tertiary/aromatic N) is 4. The zero-order valence-corrected chi connectivity index (χ0v) is 34.9. The Morgan fingerprint density at radius 1 is 0.354 bits per heavy atom. The van der Waals surface area contributed by atoms with E-state index in [2.05, 4.69) is 72.0 Å². The summed E-state index contributed by atoms with van der Waals surface area (Å²) in [6.07, 6.45) is 44.3. The molecule has 0 N–H and O–H groups in total. The van der Waals surface area contributed by atoms with E-state index >= 15 is 0 Å². The van der Waals surface area contributed by atoms with Crippen molar-refractivity contribution in [3.63, 3.8) is 0 Å². The molecule has 48 heavy (non-hydrogen) atoms. The third-order valence-electron chi connectivity index (χ3n) is 9.44. The summed E-state index contributed by atoms with van der Waals surface area (Å²) in [5.74, 6) is 0. The Morgan fingerprint density at radius 2 is 0.604 bits per heavy atom. The summed E-state index contributed by atoms with van der Waals surface area (Å²) < 4.78 is 4.66. The summed E-state index contributed by atoms with van der Waals surface area (Å²) in [5, 5.41) is 2.28. The summed E-state index contributed by atoms with van der Waals surface area (Å²) in [4.78, 5) is 9.55. The second kappa shape index (κ2) is 35.7. The van der Waals surface area contributed by atoms with Crippen molar-refractivity contribution < 1.29 is 0 Å². The van der Waals surface area contributed by atoms with Crippen molar-refractivity contribution in [1.29, 1.82) is 0 Å². The van der Waals surface area contributed by atoms with E-state index in [-0.39, 0.29) is 34.0 Å². The molecule has 0 fully saturated rings. The number of pyridine rings is 2. The maximum atomic E-state index is 4.78. The van der Waals surface area contributed by atoms with Crippen LogP contribution in [-0.4, -0.2) is 22.2 Å². The molecule has 0 aliphatic rings. The van der Waals surface area contributed by atoms with E-state index in [1.807, 2.05) is 0 Å². The van der Waals surface area contributed by atoms with Gasteiger partial charge >= 0.3 is 0 Å². The molecule has 0 aliphatic carbocycles. The van der Waals surface area contributed by atoms with Gasteiger partial charge in [0.25, 0.3) is 0 Å². The van der Waals surface area contributed by atoms with Crippen LogP contribution in [0.5, 0.6) is 0 Å². The highest BCUT2D eigenvalue weighted by Crippen LogP contribution is 2.12. The minimum atomic E-state index is 0.